The molecule has 0 atom stereocenters. The number of fused-ring (bicyclic) bond motifs is 2. The highest BCUT2D eigenvalue weighted by Crippen LogP contribution is 2.45. The first-order chi connectivity index (χ1) is 13.0. The first-order valence-electron chi connectivity index (χ1n) is 9.64. The van der Waals surface area contributed by atoms with Crippen LogP contribution in [0.2, 0.25) is 0 Å². The summed E-state index contributed by atoms with van der Waals surface area (Å²) in [7, 11) is 3.38. The van der Waals surface area contributed by atoms with E-state index in [1.54, 1.807) is 14.2 Å². The van der Waals surface area contributed by atoms with Crippen LogP contribution in [0.4, 0.5) is 5.82 Å². The van der Waals surface area contributed by atoms with E-state index in [4.69, 9.17) is 19.2 Å². The molecule has 2 aromatic rings. The van der Waals surface area contributed by atoms with Gasteiger partial charge < -0.3 is 19.1 Å². The van der Waals surface area contributed by atoms with Crippen molar-refractivity contribution in [3.05, 3.63) is 46.6 Å². The van der Waals surface area contributed by atoms with Crippen molar-refractivity contribution in [2.45, 2.75) is 38.7 Å². The molecule has 1 spiro atoms. The van der Waals surface area contributed by atoms with Crippen LogP contribution >= 0.6 is 0 Å². The van der Waals surface area contributed by atoms with Gasteiger partial charge in [-0.05, 0) is 74.1 Å². The highest BCUT2D eigenvalue weighted by molar-refractivity contribution is 5.51. The standard InChI is InChI=1S/C22H28N2O3/c1-15-11-16(2)23-21(12-15)24-8-6-22(7-9-24)18-14-20(26-4)19(25-3)13-17(18)5-10-27-22/h11-14H,5-10H2,1-4H3. The smallest absolute Gasteiger partial charge is 0.161 e. The van der Waals surface area contributed by atoms with Crippen molar-refractivity contribution in [2.24, 2.45) is 0 Å². The third-order valence-electron chi connectivity index (χ3n) is 5.83. The molecule has 0 N–H and O–H groups in total. The summed E-state index contributed by atoms with van der Waals surface area (Å²) in [6.45, 7) is 6.81. The number of hydrogen-bond acceptors (Lipinski definition) is 5. The third-order valence-corrected chi connectivity index (χ3v) is 5.83. The van der Waals surface area contributed by atoms with E-state index in [9.17, 15) is 0 Å². The van der Waals surface area contributed by atoms with Crippen molar-refractivity contribution >= 4 is 5.82 Å². The number of rotatable bonds is 3. The second kappa shape index (κ2) is 7.04. The molecular weight excluding hydrogens is 340 g/mol. The van der Waals surface area contributed by atoms with Gasteiger partial charge in [-0.1, -0.05) is 0 Å². The van der Waals surface area contributed by atoms with Crippen LogP contribution in [0.3, 0.4) is 0 Å². The Morgan fingerprint density at radius 2 is 1.70 bits per heavy atom. The van der Waals surface area contributed by atoms with Gasteiger partial charge in [0, 0.05) is 18.8 Å². The zero-order chi connectivity index (χ0) is 19.0. The Bertz CT molecular complexity index is 821. The fourth-order valence-corrected chi connectivity index (χ4v) is 4.48. The van der Waals surface area contributed by atoms with Crippen LogP contribution in [-0.4, -0.2) is 38.9 Å². The third kappa shape index (κ3) is 3.25. The molecule has 1 saturated heterocycles. The van der Waals surface area contributed by atoms with E-state index in [2.05, 4.69) is 43.0 Å². The Balaban J connectivity index is 1.62. The van der Waals surface area contributed by atoms with Crippen LogP contribution in [-0.2, 0) is 16.8 Å². The lowest BCUT2D eigenvalue weighted by Crippen LogP contribution is -2.47. The fourth-order valence-electron chi connectivity index (χ4n) is 4.48. The van der Waals surface area contributed by atoms with Crippen LogP contribution < -0.4 is 14.4 Å². The van der Waals surface area contributed by atoms with Crippen molar-refractivity contribution in [3.63, 3.8) is 0 Å². The molecule has 2 aliphatic rings. The average molecular weight is 368 g/mol. The molecule has 0 radical (unpaired) electrons. The van der Waals surface area contributed by atoms with Gasteiger partial charge in [-0.25, -0.2) is 4.98 Å². The number of hydrogen-bond donors (Lipinski definition) is 0. The van der Waals surface area contributed by atoms with Crippen molar-refractivity contribution < 1.29 is 14.2 Å². The summed E-state index contributed by atoms with van der Waals surface area (Å²) >= 11 is 0. The molecule has 0 bridgehead atoms. The molecule has 1 aromatic heterocycles. The van der Waals surface area contributed by atoms with Crippen molar-refractivity contribution in [1.82, 2.24) is 4.98 Å². The van der Waals surface area contributed by atoms with Gasteiger partial charge in [0.05, 0.1) is 26.4 Å². The Hall–Kier alpha value is -2.27. The average Bonchev–Trinajstić information content (AvgIpc) is 2.67. The lowest BCUT2D eigenvalue weighted by Gasteiger charge is -2.45. The van der Waals surface area contributed by atoms with E-state index in [0.29, 0.717) is 0 Å². The Morgan fingerprint density at radius 1 is 1.00 bits per heavy atom. The first-order valence-corrected chi connectivity index (χ1v) is 9.64. The van der Waals surface area contributed by atoms with Crippen LogP contribution in [0, 0.1) is 13.8 Å². The van der Waals surface area contributed by atoms with Gasteiger partial charge in [0.2, 0.25) is 0 Å². The zero-order valence-corrected chi connectivity index (χ0v) is 16.7. The molecule has 3 heterocycles. The lowest BCUT2D eigenvalue weighted by molar-refractivity contribution is -0.0768. The number of aromatic nitrogens is 1. The molecule has 0 aliphatic carbocycles. The second-order valence-electron chi connectivity index (χ2n) is 7.59. The highest BCUT2D eigenvalue weighted by atomic mass is 16.5. The molecular formula is C22H28N2O3. The van der Waals surface area contributed by atoms with Gasteiger partial charge in [0.25, 0.3) is 0 Å². The summed E-state index contributed by atoms with van der Waals surface area (Å²) in [5, 5.41) is 0. The van der Waals surface area contributed by atoms with Gasteiger partial charge in [-0.15, -0.1) is 0 Å². The Labute approximate surface area is 161 Å². The number of anilines is 1. The predicted octanol–water partition coefficient (Wildman–Crippen LogP) is 3.78. The minimum Gasteiger partial charge on any atom is -0.493 e. The zero-order valence-electron chi connectivity index (χ0n) is 16.7. The molecule has 5 nitrogen and oxygen atoms in total. The molecule has 2 aliphatic heterocycles. The van der Waals surface area contributed by atoms with Gasteiger partial charge in [0.1, 0.15) is 5.82 Å². The Morgan fingerprint density at radius 3 is 2.37 bits per heavy atom. The van der Waals surface area contributed by atoms with Crippen LogP contribution in [0.25, 0.3) is 0 Å². The maximum Gasteiger partial charge on any atom is 0.161 e. The van der Waals surface area contributed by atoms with Crippen molar-refractivity contribution in [3.8, 4) is 11.5 Å². The number of benzene rings is 1. The number of pyridine rings is 1. The minimum atomic E-state index is -0.234. The van der Waals surface area contributed by atoms with E-state index in [0.717, 1.165) is 62.0 Å². The molecule has 1 aromatic carbocycles. The summed E-state index contributed by atoms with van der Waals surface area (Å²) < 4.78 is 17.4. The van der Waals surface area contributed by atoms with E-state index in [-0.39, 0.29) is 5.60 Å². The quantitative estimate of drug-likeness (QED) is 0.825. The number of aryl methyl sites for hydroxylation is 2. The van der Waals surface area contributed by atoms with Crippen LogP contribution in [0.5, 0.6) is 11.5 Å². The summed E-state index contributed by atoms with van der Waals surface area (Å²) in [5.41, 5.74) is 4.68. The topological polar surface area (TPSA) is 43.8 Å². The van der Waals surface area contributed by atoms with Gasteiger partial charge in [-0.3, -0.25) is 0 Å². The number of methoxy groups -OCH3 is 2. The van der Waals surface area contributed by atoms with Gasteiger partial charge in [0.15, 0.2) is 11.5 Å². The maximum atomic E-state index is 6.39. The van der Waals surface area contributed by atoms with Gasteiger partial charge >= 0.3 is 0 Å². The van der Waals surface area contributed by atoms with Crippen LogP contribution in [0.1, 0.15) is 35.2 Å². The molecule has 27 heavy (non-hydrogen) atoms. The van der Waals surface area contributed by atoms with Crippen molar-refractivity contribution in [2.75, 3.05) is 38.8 Å². The van der Waals surface area contributed by atoms with Crippen LogP contribution in [0.15, 0.2) is 24.3 Å². The number of ether oxygens (including phenoxy) is 3. The summed E-state index contributed by atoms with van der Waals surface area (Å²) in [5.74, 6) is 2.65. The maximum absolute atomic E-state index is 6.39. The normalized spacial score (nSPS) is 18.3. The molecule has 5 heteroatoms. The van der Waals surface area contributed by atoms with E-state index in [1.165, 1.54) is 16.7 Å². The first kappa shape index (κ1) is 18.1. The van der Waals surface area contributed by atoms with E-state index < -0.39 is 0 Å². The fraction of sp³-hybridized carbons (Fsp3) is 0.500. The van der Waals surface area contributed by atoms with Crippen molar-refractivity contribution in [1.29, 1.82) is 0 Å². The molecule has 1 fully saturated rings. The molecule has 4 rings (SSSR count). The molecule has 0 saturated carbocycles. The highest BCUT2D eigenvalue weighted by Gasteiger charge is 2.41. The second-order valence-corrected chi connectivity index (χ2v) is 7.59. The summed E-state index contributed by atoms with van der Waals surface area (Å²) in [4.78, 5) is 7.11. The molecule has 144 valence electrons. The summed E-state index contributed by atoms with van der Waals surface area (Å²) in [6, 6.07) is 8.54. The monoisotopic (exact) mass is 368 g/mol. The molecule has 0 amide bonds. The number of piperidine rings is 1. The Kier molecular flexibility index (Phi) is 4.72. The molecule has 0 unspecified atom stereocenters. The lowest BCUT2D eigenvalue weighted by atomic mass is 9.79. The van der Waals surface area contributed by atoms with E-state index in [1.807, 2.05) is 0 Å². The minimum absolute atomic E-state index is 0.234. The van der Waals surface area contributed by atoms with Gasteiger partial charge in [-0.2, -0.15) is 0 Å². The van der Waals surface area contributed by atoms with E-state index >= 15 is 0 Å². The summed E-state index contributed by atoms with van der Waals surface area (Å²) in [6.07, 6.45) is 2.81. The number of nitrogens with zero attached hydrogens (tertiary/aromatic N) is 2. The largest absolute Gasteiger partial charge is 0.493 e. The SMILES string of the molecule is COc1cc2c(cc1OC)C1(CCN(c3cc(C)cc(C)n3)CC1)OCC2. The predicted molar refractivity (Wildman–Crippen MR) is 106 cm³/mol.